The van der Waals surface area contributed by atoms with Crippen molar-refractivity contribution in [2.45, 2.75) is 13.8 Å². The number of para-hydroxylation sites is 1. The molecule has 144 valence electrons. The summed E-state index contributed by atoms with van der Waals surface area (Å²) in [6, 6.07) is 13.2. The molecule has 3 aromatic rings. The maximum absolute atomic E-state index is 12.3. The summed E-state index contributed by atoms with van der Waals surface area (Å²) in [5.74, 6) is 0.742. The van der Waals surface area contributed by atoms with Gasteiger partial charge in [-0.1, -0.05) is 18.2 Å². The molecule has 0 radical (unpaired) electrons. The number of hydrazone groups is 1. The first-order chi connectivity index (χ1) is 13.5. The molecule has 28 heavy (non-hydrogen) atoms. The lowest BCUT2D eigenvalue weighted by atomic mass is 10.0. The Kier molecular flexibility index (Phi) is 5.74. The number of nitrogens with one attached hydrogen (secondary N) is 2. The molecule has 0 aliphatic heterocycles. The van der Waals surface area contributed by atoms with Crippen LogP contribution in [0.4, 0.5) is 0 Å². The molecule has 0 atom stereocenters. The van der Waals surface area contributed by atoms with Gasteiger partial charge in [0.2, 0.25) is 0 Å². The number of hydrogen-bond acceptors (Lipinski definition) is 5. The largest absolute Gasteiger partial charge is 0.493 e. The average molecular weight is 378 g/mol. The Morgan fingerprint density at radius 3 is 2.64 bits per heavy atom. The fourth-order valence-electron chi connectivity index (χ4n) is 2.72. The Morgan fingerprint density at radius 2 is 1.93 bits per heavy atom. The van der Waals surface area contributed by atoms with Crippen molar-refractivity contribution in [3.8, 4) is 22.8 Å². The van der Waals surface area contributed by atoms with Crippen molar-refractivity contribution in [1.82, 2.24) is 15.6 Å². The van der Waals surface area contributed by atoms with Crippen molar-refractivity contribution in [1.29, 1.82) is 0 Å². The number of amides is 1. The van der Waals surface area contributed by atoms with Gasteiger partial charge >= 0.3 is 0 Å². The van der Waals surface area contributed by atoms with E-state index in [4.69, 9.17) is 9.47 Å². The molecule has 7 heteroatoms. The van der Waals surface area contributed by atoms with Crippen molar-refractivity contribution in [3.63, 3.8) is 0 Å². The van der Waals surface area contributed by atoms with Crippen molar-refractivity contribution >= 4 is 12.1 Å². The molecule has 3 rings (SSSR count). The summed E-state index contributed by atoms with van der Waals surface area (Å²) in [5, 5.41) is 11.0. The van der Waals surface area contributed by atoms with Crippen LogP contribution in [-0.2, 0) is 0 Å². The zero-order valence-electron chi connectivity index (χ0n) is 16.2. The molecule has 0 fully saturated rings. The third kappa shape index (κ3) is 4.03. The van der Waals surface area contributed by atoms with Crippen molar-refractivity contribution < 1.29 is 14.3 Å². The first-order valence-electron chi connectivity index (χ1n) is 8.71. The second-order valence-corrected chi connectivity index (χ2v) is 6.25. The van der Waals surface area contributed by atoms with Gasteiger partial charge in [-0.3, -0.25) is 9.89 Å². The van der Waals surface area contributed by atoms with Gasteiger partial charge in [0, 0.05) is 11.1 Å². The number of aromatic amines is 1. The predicted octanol–water partition coefficient (Wildman–Crippen LogP) is 3.47. The first kappa shape index (κ1) is 19.2. The van der Waals surface area contributed by atoms with Crippen LogP contribution >= 0.6 is 0 Å². The monoisotopic (exact) mass is 378 g/mol. The number of methoxy groups -OCH3 is 2. The highest BCUT2D eigenvalue weighted by Crippen LogP contribution is 2.29. The van der Waals surface area contributed by atoms with E-state index >= 15 is 0 Å². The van der Waals surface area contributed by atoms with Crippen LogP contribution in [-0.4, -0.2) is 36.5 Å². The molecule has 1 amide bonds. The minimum absolute atomic E-state index is 0.322. The quantitative estimate of drug-likeness (QED) is 0.508. The van der Waals surface area contributed by atoms with Crippen molar-refractivity contribution in [3.05, 3.63) is 64.8 Å². The Balaban J connectivity index is 1.72. The molecule has 0 aliphatic carbocycles. The Morgan fingerprint density at radius 1 is 1.11 bits per heavy atom. The van der Waals surface area contributed by atoms with E-state index in [2.05, 4.69) is 27.6 Å². The van der Waals surface area contributed by atoms with Gasteiger partial charge in [0.1, 0.15) is 5.69 Å². The topological polar surface area (TPSA) is 88.6 Å². The van der Waals surface area contributed by atoms with Gasteiger partial charge in [-0.05, 0) is 49.2 Å². The van der Waals surface area contributed by atoms with E-state index in [1.165, 1.54) is 17.3 Å². The summed E-state index contributed by atoms with van der Waals surface area (Å²) in [6.07, 6.45) is 1.50. The van der Waals surface area contributed by atoms with E-state index in [1.807, 2.05) is 37.3 Å². The van der Waals surface area contributed by atoms with E-state index in [0.29, 0.717) is 28.5 Å². The van der Waals surface area contributed by atoms with Gasteiger partial charge < -0.3 is 9.47 Å². The molecular formula is C21H22N4O3. The fourth-order valence-corrected chi connectivity index (χ4v) is 2.72. The molecular weight excluding hydrogens is 356 g/mol. The number of nitrogens with zero attached hydrogens (tertiary/aromatic N) is 2. The summed E-state index contributed by atoms with van der Waals surface area (Å²) in [5.41, 5.74) is 7.52. The standard InChI is InChI=1S/C21H22N4O3/c1-13-8-9-15(10-14(13)2)17-11-18(24-23-17)21(26)25-22-12-16-6-5-7-19(27-3)20(16)28-4/h5-12H,1-4H3,(H,23,24)(H,25,26)/b22-12+. The molecule has 7 nitrogen and oxygen atoms in total. The highest BCUT2D eigenvalue weighted by molar-refractivity contribution is 5.94. The number of carbonyl (C=O) groups is 1. The summed E-state index contributed by atoms with van der Waals surface area (Å²) in [7, 11) is 3.11. The lowest BCUT2D eigenvalue weighted by molar-refractivity contribution is 0.0950. The first-order valence-corrected chi connectivity index (χ1v) is 8.71. The summed E-state index contributed by atoms with van der Waals surface area (Å²) < 4.78 is 10.6. The fraction of sp³-hybridized carbons (Fsp3) is 0.190. The number of hydrogen-bond donors (Lipinski definition) is 2. The highest BCUT2D eigenvalue weighted by atomic mass is 16.5. The minimum Gasteiger partial charge on any atom is -0.493 e. The number of rotatable bonds is 6. The van der Waals surface area contributed by atoms with Crippen LogP contribution in [0.25, 0.3) is 11.3 Å². The predicted molar refractivity (Wildman–Crippen MR) is 108 cm³/mol. The van der Waals surface area contributed by atoms with Crippen LogP contribution in [0.15, 0.2) is 47.6 Å². The molecule has 0 spiro atoms. The van der Waals surface area contributed by atoms with Crippen LogP contribution in [0.3, 0.4) is 0 Å². The lowest BCUT2D eigenvalue weighted by Gasteiger charge is -2.09. The van der Waals surface area contributed by atoms with E-state index in [1.54, 1.807) is 26.4 Å². The van der Waals surface area contributed by atoms with Gasteiger partial charge in [0.15, 0.2) is 11.5 Å². The minimum atomic E-state index is -0.388. The van der Waals surface area contributed by atoms with E-state index in [9.17, 15) is 4.79 Å². The van der Waals surface area contributed by atoms with Crippen LogP contribution in [0.5, 0.6) is 11.5 Å². The molecule has 2 N–H and O–H groups in total. The number of carbonyl (C=O) groups excluding carboxylic acids is 1. The van der Waals surface area contributed by atoms with Crippen LogP contribution < -0.4 is 14.9 Å². The second-order valence-electron chi connectivity index (χ2n) is 6.25. The number of H-pyrrole nitrogens is 1. The smallest absolute Gasteiger partial charge is 0.289 e. The molecule has 0 bridgehead atoms. The zero-order chi connectivity index (χ0) is 20.1. The molecule has 1 aromatic heterocycles. The molecule has 0 saturated heterocycles. The summed E-state index contributed by atoms with van der Waals surface area (Å²) >= 11 is 0. The third-order valence-corrected chi connectivity index (χ3v) is 4.43. The van der Waals surface area contributed by atoms with Crippen molar-refractivity contribution in [2.24, 2.45) is 5.10 Å². The maximum Gasteiger partial charge on any atom is 0.289 e. The molecule has 1 heterocycles. The maximum atomic E-state index is 12.3. The Hall–Kier alpha value is -3.61. The third-order valence-electron chi connectivity index (χ3n) is 4.43. The average Bonchev–Trinajstić information content (AvgIpc) is 3.20. The highest BCUT2D eigenvalue weighted by Gasteiger charge is 2.11. The van der Waals surface area contributed by atoms with E-state index in [-0.39, 0.29) is 5.91 Å². The van der Waals surface area contributed by atoms with Crippen LogP contribution in [0.1, 0.15) is 27.2 Å². The number of ether oxygens (including phenoxy) is 2. The number of aryl methyl sites for hydroxylation is 2. The number of benzene rings is 2. The second kappa shape index (κ2) is 8.39. The molecule has 0 aliphatic rings. The van der Waals surface area contributed by atoms with Gasteiger partial charge in [-0.25, -0.2) is 5.43 Å². The SMILES string of the molecule is COc1cccc(/C=N/NC(=O)c2cc(-c3ccc(C)c(C)c3)n[nH]2)c1OC. The molecule has 2 aromatic carbocycles. The summed E-state index contributed by atoms with van der Waals surface area (Å²) in [6.45, 7) is 4.10. The van der Waals surface area contributed by atoms with E-state index < -0.39 is 0 Å². The van der Waals surface area contributed by atoms with Crippen molar-refractivity contribution in [2.75, 3.05) is 14.2 Å². The zero-order valence-corrected chi connectivity index (χ0v) is 16.2. The number of aromatic nitrogens is 2. The summed E-state index contributed by atoms with van der Waals surface area (Å²) in [4.78, 5) is 12.3. The van der Waals surface area contributed by atoms with Gasteiger partial charge in [-0.15, -0.1) is 0 Å². The molecule has 0 unspecified atom stereocenters. The van der Waals surface area contributed by atoms with E-state index in [0.717, 1.165) is 5.56 Å². The Labute approximate surface area is 163 Å². The molecule has 0 saturated carbocycles. The lowest BCUT2D eigenvalue weighted by Crippen LogP contribution is -2.18. The van der Waals surface area contributed by atoms with Crippen LogP contribution in [0.2, 0.25) is 0 Å². The van der Waals surface area contributed by atoms with Crippen LogP contribution in [0, 0.1) is 13.8 Å². The van der Waals surface area contributed by atoms with Gasteiger partial charge in [0.25, 0.3) is 5.91 Å². The van der Waals surface area contributed by atoms with Gasteiger partial charge in [0.05, 0.1) is 26.1 Å². The Bertz CT molecular complexity index is 1020. The normalized spacial score (nSPS) is 10.9. The van der Waals surface area contributed by atoms with Gasteiger partial charge in [-0.2, -0.15) is 10.2 Å².